The van der Waals surface area contributed by atoms with E-state index in [1.54, 1.807) is 11.8 Å². The summed E-state index contributed by atoms with van der Waals surface area (Å²) in [7, 11) is 0. The number of hydrogen-bond acceptors (Lipinski definition) is 3. The number of carbonyl (C=O) groups is 1. The summed E-state index contributed by atoms with van der Waals surface area (Å²) in [6.07, 6.45) is 4.70. The van der Waals surface area contributed by atoms with E-state index < -0.39 is 0 Å². The molecule has 1 aromatic rings. The van der Waals surface area contributed by atoms with Gasteiger partial charge in [0.05, 0.1) is 5.69 Å². The molecule has 3 nitrogen and oxygen atoms in total. The second-order valence-electron chi connectivity index (χ2n) is 5.04. The van der Waals surface area contributed by atoms with E-state index in [-0.39, 0.29) is 5.91 Å². The topological polar surface area (TPSA) is 41.1 Å². The summed E-state index contributed by atoms with van der Waals surface area (Å²) in [5.41, 5.74) is 0.915. The Hall–Kier alpha value is -1.26. The number of carbonyl (C=O) groups excluding carboxylic acids is 1. The number of para-hydroxylation sites is 1. The number of benzene rings is 1. The maximum atomic E-state index is 12.1. The van der Waals surface area contributed by atoms with Crippen molar-refractivity contribution >= 4 is 23.4 Å². The van der Waals surface area contributed by atoms with E-state index in [1.165, 1.54) is 0 Å². The lowest BCUT2D eigenvalue weighted by Crippen LogP contribution is -2.30. The molecule has 0 spiro atoms. The van der Waals surface area contributed by atoms with Crippen molar-refractivity contribution in [1.82, 2.24) is 5.32 Å². The van der Waals surface area contributed by atoms with Gasteiger partial charge in [-0.2, -0.15) is 0 Å². The summed E-state index contributed by atoms with van der Waals surface area (Å²) >= 11 is 1.69. The van der Waals surface area contributed by atoms with Gasteiger partial charge in [-0.15, -0.1) is 18.3 Å². The Morgan fingerprint density at radius 3 is 2.90 bits per heavy atom. The second-order valence-corrected chi connectivity index (χ2v) is 6.10. The first-order valence-corrected chi connectivity index (χ1v) is 8.11. The lowest BCUT2D eigenvalue weighted by Gasteiger charge is -2.22. The zero-order valence-corrected chi connectivity index (χ0v) is 12.5. The first kappa shape index (κ1) is 15.1. The predicted octanol–water partition coefficient (Wildman–Crippen LogP) is 3.29. The van der Waals surface area contributed by atoms with E-state index in [1.807, 2.05) is 30.3 Å². The molecule has 0 aromatic heterocycles. The van der Waals surface area contributed by atoms with Crippen molar-refractivity contribution in [2.45, 2.75) is 24.2 Å². The first-order valence-electron chi connectivity index (χ1n) is 7.13. The Labute approximate surface area is 125 Å². The zero-order valence-electron chi connectivity index (χ0n) is 11.7. The molecule has 1 aromatic carbocycles. The molecule has 108 valence electrons. The molecule has 20 heavy (non-hydrogen) atoms. The molecule has 0 radical (unpaired) electrons. The van der Waals surface area contributed by atoms with E-state index in [4.69, 9.17) is 0 Å². The fraction of sp³-hybridized carbons (Fsp3) is 0.438. The van der Waals surface area contributed by atoms with Crippen LogP contribution in [-0.2, 0) is 4.79 Å². The van der Waals surface area contributed by atoms with Gasteiger partial charge in [0.15, 0.2) is 0 Å². The molecular formula is C16H22N2OS. The van der Waals surface area contributed by atoms with Gasteiger partial charge in [0.25, 0.3) is 0 Å². The monoisotopic (exact) mass is 290 g/mol. The molecule has 4 heteroatoms. The number of nitrogens with one attached hydrogen (secondary N) is 2. The Morgan fingerprint density at radius 2 is 2.15 bits per heavy atom. The molecule has 0 atom stereocenters. The van der Waals surface area contributed by atoms with Crippen molar-refractivity contribution in [3.8, 4) is 0 Å². The largest absolute Gasteiger partial charge is 0.325 e. The van der Waals surface area contributed by atoms with Crippen molar-refractivity contribution in [3.63, 3.8) is 0 Å². The van der Waals surface area contributed by atoms with Crippen molar-refractivity contribution in [2.75, 3.05) is 24.2 Å². The maximum absolute atomic E-state index is 12.1. The molecule has 0 saturated carbocycles. The highest BCUT2D eigenvalue weighted by molar-refractivity contribution is 7.99. The number of thioether (sulfide) groups is 1. The quantitative estimate of drug-likeness (QED) is 0.624. The van der Waals surface area contributed by atoms with E-state index in [9.17, 15) is 4.79 Å². The molecule has 2 rings (SSSR count). The van der Waals surface area contributed by atoms with Gasteiger partial charge in [0.1, 0.15) is 0 Å². The first-order chi connectivity index (χ1) is 9.79. The van der Waals surface area contributed by atoms with Gasteiger partial charge >= 0.3 is 0 Å². The van der Waals surface area contributed by atoms with E-state index in [0.29, 0.717) is 12.3 Å². The summed E-state index contributed by atoms with van der Waals surface area (Å²) in [6.45, 7) is 5.79. The number of amides is 1. The van der Waals surface area contributed by atoms with Gasteiger partial charge < -0.3 is 10.6 Å². The van der Waals surface area contributed by atoms with E-state index in [0.717, 1.165) is 42.3 Å². The normalized spacial score (nSPS) is 15.8. The molecule has 1 aliphatic rings. The van der Waals surface area contributed by atoms with Gasteiger partial charge in [-0.05, 0) is 44.0 Å². The average Bonchev–Trinajstić information content (AvgIpc) is 2.47. The molecule has 0 aliphatic carbocycles. The fourth-order valence-corrected chi connectivity index (χ4v) is 3.14. The third-order valence-electron chi connectivity index (χ3n) is 3.45. The molecule has 1 saturated heterocycles. The fourth-order valence-electron chi connectivity index (χ4n) is 2.39. The predicted molar refractivity (Wildman–Crippen MR) is 86.2 cm³/mol. The third-order valence-corrected chi connectivity index (χ3v) is 4.52. The Kier molecular flexibility index (Phi) is 6.15. The SMILES string of the molecule is C=CCSc1ccccc1NC(=O)CC1CCNCC1. The van der Waals surface area contributed by atoms with Crippen LogP contribution in [0.5, 0.6) is 0 Å². The van der Waals surface area contributed by atoms with Crippen molar-refractivity contribution in [3.05, 3.63) is 36.9 Å². The third kappa shape index (κ3) is 4.69. The van der Waals surface area contributed by atoms with Crippen LogP contribution in [-0.4, -0.2) is 24.7 Å². The van der Waals surface area contributed by atoms with Crippen molar-refractivity contribution < 1.29 is 4.79 Å². The summed E-state index contributed by atoms with van der Waals surface area (Å²) in [6, 6.07) is 7.95. The van der Waals surface area contributed by atoms with Crippen LogP contribution in [0.15, 0.2) is 41.8 Å². The Morgan fingerprint density at radius 1 is 1.40 bits per heavy atom. The van der Waals surface area contributed by atoms with Crippen molar-refractivity contribution in [2.24, 2.45) is 5.92 Å². The minimum Gasteiger partial charge on any atom is -0.325 e. The number of rotatable bonds is 6. The molecule has 1 fully saturated rings. The number of anilines is 1. The molecule has 0 unspecified atom stereocenters. The minimum atomic E-state index is 0.128. The van der Waals surface area contributed by atoms with Gasteiger partial charge in [0, 0.05) is 17.1 Å². The standard InChI is InChI=1S/C16H22N2OS/c1-2-11-20-15-6-4-3-5-14(15)18-16(19)12-13-7-9-17-10-8-13/h2-6,13,17H,1,7-12H2,(H,18,19). The lowest BCUT2D eigenvalue weighted by molar-refractivity contribution is -0.117. The van der Waals surface area contributed by atoms with Gasteiger partial charge in [-0.1, -0.05) is 18.2 Å². The molecule has 1 aliphatic heterocycles. The van der Waals surface area contributed by atoms with Gasteiger partial charge in [-0.25, -0.2) is 0 Å². The van der Waals surface area contributed by atoms with Crippen LogP contribution in [0.2, 0.25) is 0 Å². The summed E-state index contributed by atoms with van der Waals surface area (Å²) in [5.74, 6) is 1.49. The van der Waals surface area contributed by atoms with Crippen LogP contribution in [0.3, 0.4) is 0 Å². The highest BCUT2D eigenvalue weighted by atomic mass is 32.2. The molecule has 1 amide bonds. The zero-order chi connectivity index (χ0) is 14.2. The summed E-state index contributed by atoms with van der Waals surface area (Å²) in [4.78, 5) is 13.2. The molecular weight excluding hydrogens is 268 g/mol. The van der Waals surface area contributed by atoms with Gasteiger partial charge in [-0.3, -0.25) is 4.79 Å². The summed E-state index contributed by atoms with van der Waals surface area (Å²) in [5, 5.41) is 6.38. The molecule has 2 N–H and O–H groups in total. The molecule has 1 heterocycles. The van der Waals surface area contributed by atoms with E-state index in [2.05, 4.69) is 17.2 Å². The van der Waals surface area contributed by atoms with Crippen LogP contribution in [0.1, 0.15) is 19.3 Å². The highest BCUT2D eigenvalue weighted by Gasteiger charge is 2.17. The number of hydrogen-bond donors (Lipinski definition) is 2. The minimum absolute atomic E-state index is 0.128. The molecule has 0 bridgehead atoms. The van der Waals surface area contributed by atoms with Crippen LogP contribution in [0.4, 0.5) is 5.69 Å². The van der Waals surface area contributed by atoms with Crippen LogP contribution < -0.4 is 10.6 Å². The Bertz CT molecular complexity index is 456. The number of piperidine rings is 1. The van der Waals surface area contributed by atoms with Crippen molar-refractivity contribution in [1.29, 1.82) is 0 Å². The maximum Gasteiger partial charge on any atom is 0.224 e. The summed E-state index contributed by atoms with van der Waals surface area (Å²) < 4.78 is 0. The lowest BCUT2D eigenvalue weighted by atomic mass is 9.94. The van der Waals surface area contributed by atoms with Crippen LogP contribution >= 0.6 is 11.8 Å². The van der Waals surface area contributed by atoms with E-state index >= 15 is 0 Å². The Balaban J connectivity index is 1.91. The van der Waals surface area contributed by atoms with Crippen LogP contribution in [0.25, 0.3) is 0 Å². The average molecular weight is 290 g/mol. The smallest absolute Gasteiger partial charge is 0.224 e. The second kappa shape index (κ2) is 8.12. The highest BCUT2D eigenvalue weighted by Crippen LogP contribution is 2.27. The van der Waals surface area contributed by atoms with Crippen LogP contribution in [0, 0.1) is 5.92 Å². The van der Waals surface area contributed by atoms with Gasteiger partial charge in [0.2, 0.25) is 5.91 Å².